The molecule has 1 aromatic carbocycles. The van der Waals surface area contributed by atoms with Gasteiger partial charge in [0.2, 0.25) is 5.91 Å². The molecular weight excluding hydrogens is 261 g/mol. The molecule has 0 radical (unpaired) electrons. The zero-order valence-corrected chi connectivity index (χ0v) is 11.5. The van der Waals surface area contributed by atoms with E-state index in [1.165, 1.54) is 12.1 Å². The summed E-state index contributed by atoms with van der Waals surface area (Å²) in [6.45, 7) is 2.88. The second-order valence-corrected chi connectivity index (χ2v) is 4.34. The Morgan fingerprint density at radius 2 is 1.95 bits per heavy atom. The van der Waals surface area contributed by atoms with Crippen LogP contribution in [-0.2, 0) is 11.2 Å². The van der Waals surface area contributed by atoms with Crippen molar-refractivity contribution in [2.24, 2.45) is 0 Å². The van der Waals surface area contributed by atoms with Crippen LogP contribution in [0.5, 0.6) is 0 Å². The van der Waals surface area contributed by atoms with Crippen LogP contribution >= 0.6 is 0 Å². The highest BCUT2D eigenvalue weighted by atomic mass is 19.1. The van der Waals surface area contributed by atoms with Crippen molar-refractivity contribution in [1.82, 2.24) is 16.0 Å². The van der Waals surface area contributed by atoms with Crippen LogP contribution in [0.1, 0.15) is 18.9 Å². The van der Waals surface area contributed by atoms with Gasteiger partial charge in [0.25, 0.3) is 0 Å². The van der Waals surface area contributed by atoms with Gasteiger partial charge in [-0.3, -0.25) is 4.79 Å². The second-order valence-electron chi connectivity index (χ2n) is 4.34. The van der Waals surface area contributed by atoms with Crippen LogP contribution in [0.15, 0.2) is 24.3 Å². The van der Waals surface area contributed by atoms with Gasteiger partial charge in [0.05, 0.1) is 6.54 Å². The third-order valence-electron chi connectivity index (χ3n) is 2.57. The summed E-state index contributed by atoms with van der Waals surface area (Å²) in [5, 5.41) is 7.72. The van der Waals surface area contributed by atoms with Gasteiger partial charge in [-0.15, -0.1) is 0 Å². The molecule has 3 amide bonds. The molecule has 5 nitrogen and oxygen atoms in total. The Morgan fingerprint density at radius 1 is 1.15 bits per heavy atom. The van der Waals surface area contributed by atoms with E-state index in [4.69, 9.17) is 0 Å². The lowest BCUT2D eigenvalue weighted by atomic mass is 10.1. The Bertz CT molecular complexity index is 452. The molecule has 1 aromatic rings. The molecule has 0 saturated carbocycles. The molecule has 6 heteroatoms. The molecule has 0 saturated heterocycles. The standard InChI is InChI=1S/C14H20FN3O2/c1-2-7-16-13(19)10-18-14(20)17-8-6-11-4-3-5-12(15)9-11/h3-5,9H,2,6-8,10H2,1H3,(H,16,19)(H2,17,18,20). The van der Waals surface area contributed by atoms with E-state index in [9.17, 15) is 14.0 Å². The van der Waals surface area contributed by atoms with Crippen molar-refractivity contribution >= 4 is 11.9 Å². The molecule has 0 aliphatic carbocycles. The van der Waals surface area contributed by atoms with Crippen molar-refractivity contribution in [3.05, 3.63) is 35.6 Å². The maximum atomic E-state index is 12.9. The smallest absolute Gasteiger partial charge is 0.315 e. The highest BCUT2D eigenvalue weighted by Crippen LogP contribution is 2.03. The van der Waals surface area contributed by atoms with Gasteiger partial charge in [0.1, 0.15) is 5.82 Å². The fraction of sp³-hybridized carbons (Fsp3) is 0.429. The van der Waals surface area contributed by atoms with Crippen LogP contribution in [-0.4, -0.2) is 31.6 Å². The summed E-state index contributed by atoms with van der Waals surface area (Å²) < 4.78 is 12.9. The minimum Gasteiger partial charge on any atom is -0.355 e. The number of amides is 3. The number of nitrogens with one attached hydrogen (secondary N) is 3. The zero-order valence-electron chi connectivity index (χ0n) is 11.5. The number of halogens is 1. The first-order chi connectivity index (χ1) is 9.61. The minimum absolute atomic E-state index is 0.0498. The third-order valence-corrected chi connectivity index (χ3v) is 2.57. The Balaban J connectivity index is 2.15. The van der Waals surface area contributed by atoms with Gasteiger partial charge < -0.3 is 16.0 Å². The quantitative estimate of drug-likeness (QED) is 0.702. The van der Waals surface area contributed by atoms with Gasteiger partial charge in [-0.1, -0.05) is 19.1 Å². The van der Waals surface area contributed by atoms with E-state index in [0.717, 1.165) is 12.0 Å². The molecule has 0 spiro atoms. The Hall–Kier alpha value is -2.11. The number of urea groups is 1. The van der Waals surface area contributed by atoms with Gasteiger partial charge in [-0.25, -0.2) is 9.18 Å². The largest absolute Gasteiger partial charge is 0.355 e. The maximum Gasteiger partial charge on any atom is 0.315 e. The summed E-state index contributed by atoms with van der Waals surface area (Å²) in [7, 11) is 0. The van der Waals surface area contributed by atoms with E-state index < -0.39 is 6.03 Å². The summed E-state index contributed by atoms with van der Waals surface area (Å²) >= 11 is 0. The van der Waals surface area contributed by atoms with Crippen molar-refractivity contribution in [3.8, 4) is 0 Å². The first kappa shape index (κ1) is 15.9. The SMILES string of the molecule is CCCNC(=O)CNC(=O)NCCc1cccc(F)c1. The van der Waals surface area contributed by atoms with Gasteiger partial charge in [-0.05, 0) is 30.5 Å². The summed E-state index contributed by atoms with van der Waals surface area (Å²) in [5.74, 6) is -0.508. The van der Waals surface area contributed by atoms with Crippen molar-refractivity contribution < 1.29 is 14.0 Å². The molecule has 0 fully saturated rings. The molecule has 0 aliphatic heterocycles. The van der Waals surface area contributed by atoms with Crippen molar-refractivity contribution in [2.45, 2.75) is 19.8 Å². The van der Waals surface area contributed by atoms with E-state index in [1.807, 2.05) is 6.92 Å². The van der Waals surface area contributed by atoms with Crippen LogP contribution in [0.4, 0.5) is 9.18 Å². The zero-order chi connectivity index (χ0) is 14.8. The number of benzene rings is 1. The van der Waals surface area contributed by atoms with Crippen LogP contribution in [0.25, 0.3) is 0 Å². The van der Waals surface area contributed by atoms with Crippen LogP contribution in [0.3, 0.4) is 0 Å². The Kier molecular flexibility index (Phi) is 7.10. The summed E-state index contributed by atoms with van der Waals surface area (Å²) in [6, 6.07) is 5.81. The summed E-state index contributed by atoms with van der Waals surface area (Å²) in [6.07, 6.45) is 1.39. The molecule has 0 aliphatic rings. The van der Waals surface area contributed by atoms with Crippen LogP contribution in [0.2, 0.25) is 0 Å². The molecule has 0 aromatic heterocycles. The average Bonchev–Trinajstić information content (AvgIpc) is 2.43. The maximum absolute atomic E-state index is 12.9. The van der Waals surface area contributed by atoms with E-state index in [1.54, 1.807) is 12.1 Å². The predicted molar refractivity (Wildman–Crippen MR) is 74.8 cm³/mol. The normalized spacial score (nSPS) is 9.90. The fourth-order valence-electron chi connectivity index (χ4n) is 1.56. The number of hydrogen-bond donors (Lipinski definition) is 3. The van der Waals surface area contributed by atoms with Gasteiger partial charge >= 0.3 is 6.03 Å². The minimum atomic E-state index is -0.409. The topological polar surface area (TPSA) is 70.2 Å². The molecule has 20 heavy (non-hydrogen) atoms. The molecule has 3 N–H and O–H groups in total. The van der Waals surface area contributed by atoms with E-state index in [2.05, 4.69) is 16.0 Å². The Morgan fingerprint density at radius 3 is 2.65 bits per heavy atom. The number of carbonyl (C=O) groups is 2. The van der Waals surface area contributed by atoms with Crippen molar-refractivity contribution in [3.63, 3.8) is 0 Å². The monoisotopic (exact) mass is 281 g/mol. The highest BCUT2D eigenvalue weighted by Gasteiger charge is 2.04. The molecular formula is C14H20FN3O2. The molecule has 0 atom stereocenters. The number of hydrogen-bond acceptors (Lipinski definition) is 2. The van der Waals surface area contributed by atoms with Crippen molar-refractivity contribution in [1.29, 1.82) is 0 Å². The number of rotatable bonds is 7. The van der Waals surface area contributed by atoms with Crippen LogP contribution in [0, 0.1) is 5.82 Å². The van der Waals surface area contributed by atoms with E-state index >= 15 is 0 Å². The lowest BCUT2D eigenvalue weighted by Crippen LogP contribution is -2.42. The lowest BCUT2D eigenvalue weighted by molar-refractivity contribution is -0.120. The highest BCUT2D eigenvalue weighted by molar-refractivity contribution is 5.83. The third kappa shape index (κ3) is 6.72. The van der Waals surface area contributed by atoms with E-state index in [0.29, 0.717) is 19.5 Å². The second kappa shape index (κ2) is 8.90. The summed E-state index contributed by atoms with van der Waals surface area (Å²) in [5.41, 5.74) is 0.811. The van der Waals surface area contributed by atoms with E-state index in [-0.39, 0.29) is 18.3 Å². The first-order valence-electron chi connectivity index (χ1n) is 6.64. The molecule has 0 unspecified atom stereocenters. The molecule has 0 heterocycles. The first-order valence-corrected chi connectivity index (χ1v) is 6.64. The lowest BCUT2D eigenvalue weighted by Gasteiger charge is -2.08. The Labute approximate surface area is 117 Å². The molecule has 1 rings (SSSR count). The van der Waals surface area contributed by atoms with Crippen LogP contribution < -0.4 is 16.0 Å². The van der Waals surface area contributed by atoms with Gasteiger partial charge in [0.15, 0.2) is 0 Å². The van der Waals surface area contributed by atoms with Gasteiger partial charge in [-0.2, -0.15) is 0 Å². The predicted octanol–water partition coefficient (Wildman–Crippen LogP) is 1.19. The molecule has 110 valence electrons. The van der Waals surface area contributed by atoms with Gasteiger partial charge in [0, 0.05) is 13.1 Å². The summed E-state index contributed by atoms with van der Waals surface area (Å²) in [4.78, 5) is 22.6. The van der Waals surface area contributed by atoms with Crippen molar-refractivity contribution in [2.75, 3.05) is 19.6 Å². The fourth-order valence-corrected chi connectivity index (χ4v) is 1.56. The average molecular weight is 281 g/mol. The molecule has 0 bridgehead atoms. The number of carbonyl (C=O) groups excluding carboxylic acids is 2.